The molecule has 0 saturated heterocycles. The summed E-state index contributed by atoms with van der Waals surface area (Å²) in [6.07, 6.45) is 0. The van der Waals surface area contributed by atoms with Gasteiger partial charge in [-0.15, -0.1) is 0 Å². The molecule has 7 heavy (non-hydrogen) atoms. The topological polar surface area (TPSA) is 17.1 Å². The fraction of sp³-hybridized carbons (Fsp3) is 0.500. The second kappa shape index (κ2) is 2.07. The molecule has 1 nitrogen and oxygen atoms in total. The number of carbonyl (C=O) groups excluding carboxylic acids is 1. The molecule has 0 aliphatic carbocycles. The molecule has 0 spiro atoms. The molecular formula is C2ClF2OSe. The number of carbonyl (C=O) groups is 1. The first kappa shape index (κ1) is 7.34. The Morgan fingerprint density at radius 3 is 1.86 bits per heavy atom. The van der Waals surface area contributed by atoms with Gasteiger partial charge in [0.2, 0.25) is 0 Å². The molecule has 0 bridgehead atoms. The van der Waals surface area contributed by atoms with E-state index in [0.717, 1.165) is 0 Å². The standard InChI is InChI=1S/C2ClF2OSe/c3-2(4,5)1(6)7. The molecule has 0 heterocycles. The van der Waals surface area contributed by atoms with Crippen LogP contribution in [0.5, 0.6) is 0 Å². The second-order valence-electron chi connectivity index (χ2n) is 0.785. The molecule has 0 aromatic carbocycles. The van der Waals surface area contributed by atoms with Gasteiger partial charge in [-0.25, -0.2) is 0 Å². The molecule has 41 valence electrons. The summed E-state index contributed by atoms with van der Waals surface area (Å²) in [6, 6.07) is 0. The number of alkyl halides is 3. The van der Waals surface area contributed by atoms with Crippen molar-refractivity contribution in [3.8, 4) is 0 Å². The SMILES string of the molecule is O=C([Se])C(F)(F)Cl. The summed E-state index contributed by atoms with van der Waals surface area (Å²) in [5, 5.41) is -3.72. The van der Waals surface area contributed by atoms with E-state index in [9.17, 15) is 13.6 Å². The quantitative estimate of drug-likeness (QED) is 0.437. The Labute approximate surface area is 51.8 Å². The van der Waals surface area contributed by atoms with Gasteiger partial charge in [-0.2, -0.15) is 0 Å². The van der Waals surface area contributed by atoms with Crippen LogP contribution >= 0.6 is 11.6 Å². The summed E-state index contributed by atoms with van der Waals surface area (Å²) in [5.41, 5.74) is 0. The fourth-order valence-electron chi connectivity index (χ4n) is 0. The minimum atomic E-state index is -3.72. The molecule has 0 N–H and O–H groups in total. The van der Waals surface area contributed by atoms with Crippen LogP contribution in [-0.4, -0.2) is 26.1 Å². The Balaban J connectivity index is 3.79. The van der Waals surface area contributed by atoms with E-state index in [2.05, 4.69) is 11.6 Å². The first-order valence-corrected chi connectivity index (χ1v) is 2.46. The Morgan fingerprint density at radius 1 is 1.71 bits per heavy atom. The van der Waals surface area contributed by atoms with Gasteiger partial charge in [-0.1, -0.05) is 0 Å². The van der Waals surface area contributed by atoms with Crippen molar-refractivity contribution in [1.82, 2.24) is 0 Å². The van der Waals surface area contributed by atoms with Crippen molar-refractivity contribution in [2.75, 3.05) is 0 Å². The predicted molar refractivity (Wildman–Crippen MR) is 21.6 cm³/mol. The first-order chi connectivity index (χ1) is 2.94. The summed E-state index contributed by atoms with van der Waals surface area (Å²) in [7, 11) is 0. The van der Waals surface area contributed by atoms with Crippen molar-refractivity contribution in [2.24, 2.45) is 0 Å². The van der Waals surface area contributed by atoms with Gasteiger partial charge in [0.05, 0.1) is 0 Å². The van der Waals surface area contributed by atoms with E-state index >= 15 is 0 Å². The monoisotopic (exact) mass is 193 g/mol. The van der Waals surface area contributed by atoms with E-state index in [0.29, 0.717) is 0 Å². The number of hydrogen-bond acceptors (Lipinski definition) is 1. The molecule has 0 aliphatic rings. The van der Waals surface area contributed by atoms with Crippen molar-refractivity contribution >= 4 is 32.3 Å². The maximum absolute atomic E-state index is 11.2. The molecule has 0 amide bonds. The van der Waals surface area contributed by atoms with Gasteiger partial charge >= 0.3 is 51.3 Å². The third-order valence-electron chi connectivity index (χ3n) is 0.231. The van der Waals surface area contributed by atoms with Crippen LogP contribution in [0.2, 0.25) is 0 Å². The fourth-order valence-corrected chi connectivity index (χ4v) is 0. The van der Waals surface area contributed by atoms with Gasteiger partial charge in [0.1, 0.15) is 0 Å². The molecule has 0 aliphatic heterocycles. The van der Waals surface area contributed by atoms with E-state index in [4.69, 9.17) is 0 Å². The van der Waals surface area contributed by atoms with Crippen molar-refractivity contribution in [3.05, 3.63) is 0 Å². The molecule has 0 saturated carbocycles. The van der Waals surface area contributed by atoms with E-state index < -0.39 is 10.1 Å². The normalized spacial score (nSPS) is 11.3. The first-order valence-electron chi connectivity index (χ1n) is 1.23. The summed E-state index contributed by atoms with van der Waals surface area (Å²) in [5.74, 6) is 0. The Kier molecular flexibility index (Phi) is 2.17. The molecule has 0 aromatic heterocycles. The van der Waals surface area contributed by atoms with Crippen LogP contribution in [0.1, 0.15) is 0 Å². The third kappa shape index (κ3) is 2.97. The summed E-state index contributed by atoms with van der Waals surface area (Å²) < 4.78 is 21.0. The molecule has 0 aromatic rings. The molecular weight excluding hydrogens is 192 g/mol. The number of halogens is 3. The Morgan fingerprint density at radius 2 is 1.86 bits per heavy atom. The van der Waals surface area contributed by atoms with E-state index in [1.165, 1.54) is 0 Å². The van der Waals surface area contributed by atoms with E-state index in [-0.39, 0.29) is 0 Å². The summed E-state index contributed by atoms with van der Waals surface area (Å²) in [6.45, 7) is 0. The zero-order valence-electron chi connectivity index (χ0n) is 2.95. The maximum atomic E-state index is 11.2. The average molecular weight is 192 g/mol. The Hall–Kier alpha value is 0.339. The van der Waals surface area contributed by atoms with Crippen LogP contribution in [-0.2, 0) is 4.79 Å². The van der Waals surface area contributed by atoms with Crippen molar-refractivity contribution in [2.45, 2.75) is 5.38 Å². The van der Waals surface area contributed by atoms with Crippen LogP contribution in [0, 0.1) is 0 Å². The summed E-state index contributed by atoms with van der Waals surface area (Å²) >= 11 is 5.71. The van der Waals surface area contributed by atoms with Crippen LogP contribution < -0.4 is 0 Å². The van der Waals surface area contributed by atoms with Crippen molar-refractivity contribution in [3.63, 3.8) is 0 Å². The van der Waals surface area contributed by atoms with Crippen LogP contribution in [0.3, 0.4) is 0 Å². The zero-order valence-corrected chi connectivity index (χ0v) is 5.42. The molecule has 0 rings (SSSR count). The van der Waals surface area contributed by atoms with Gasteiger partial charge < -0.3 is 0 Å². The van der Waals surface area contributed by atoms with E-state index in [1.54, 1.807) is 16.0 Å². The van der Waals surface area contributed by atoms with Gasteiger partial charge in [-0.3, -0.25) is 0 Å². The van der Waals surface area contributed by atoms with Crippen molar-refractivity contribution < 1.29 is 13.6 Å². The predicted octanol–water partition coefficient (Wildman–Crippen LogP) is 0.513. The Bertz CT molecular complexity index is 88.2. The van der Waals surface area contributed by atoms with Gasteiger partial charge in [0.25, 0.3) is 0 Å². The van der Waals surface area contributed by atoms with Crippen LogP contribution in [0.25, 0.3) is 0 Å². The molecule has 1 radical (unpaired) electrons. The van der Waals surface area contributed by atoms with Gasteiger partial charge in [-0.05, 0) is 0 Å². The minimum absolute atomic E-state index is 1.45. The summed E-state index contributed by atoms with van der Waals surface area (Å²) in [4.78, 5) is 9.53. The van der Waals surface area contributed by atoms with Crippen LogP contribution in [0.4, 0.5) is 8.78 Å². The van der Waals surface area contributed by atoms with Crippen molar-refractivity contribution in [1.29, 1.82) is 0 Å². The molecule has 0 fully saturated rings. The molecule has 0 atom stereocenters. The molecule has 5 heteroatoms. The number of rotatable bonds is 1. The average Bonchev–Trinajstić information content (AvgIpc) is 1.31. The second-order valence-corrected chi connectivity index (χ2v) is 2.04. The zero-order chi connectivity index (χ0) is 6.08. The molecule has 0 unspecified atom stereocenters. The van der Waals surface area contributed by atoms with Gasteiger partial charge in [0, 0.05) is 0 Å². The van der Waals surface area contributed by atoms with Crippen LogP contribution in [0.15, 0.2) is 0 Å². The third-order valence-corrected chi connectivity index (χ3v) is 1.20. The van der Waals surface area contributed by atoms with E-state index in [1.807, 2.05) is 0 Å². The number of hydrogen-bond donors (Lipinski definition) is 0. The van der Waals surface area contributed by atoms with Gasteiger partial charge in [0.15, 0.2) is 0 Å².